The van der Waals surface area contributed by atoms with Gasteiger partial charge in [0.1, 0.15) is 6.10 Å². The Morgan fingerprint density at radius 3 is 2.16 bits per heavy atom. The topological polar surface area (TPSA) is 74.1 Å². The number of fused-ring (bicyclic) bond motifs is 2. The summed E-state index contributed by atoms with van der Waals surface area (Å²) in [5.41, 5.74) is 0. The predicted molar refractivity (Wildman–Crippen MR) is 173 cm³/mol. The molecule has 6 bridgehead atoms. The molecule has 4 saturated heterocycles. The molecular formula is C37H65N2O6+. The van der Waals surface area contributed by atoms with E-state index in [1.165, 1.54) is 70.9 Å². The van der Waals surface area contributed by atoms with E-state index in [0.29, 0.717) is 47.8 Å². The Morgan fingerprint density at radius 1 is 0.689 bits per heavy atom. The number of hydrogen-bond acceptors (Lipinski definition) is 7. The van der Waals surface area contributed by atoms with Gasteiger partial charge in [0, 0.05) is 46.1 Å². The van der Waals surface area contributed by atoms with Gasteiger partial charge in [-0.05, 0) is 120 Å². The molecule has 0 aromatic carbocycles. The van der Waals surface area contributed by atoms with Crippen LogP contribution in [-0.2, 0) is 23.7 Å². The lowest BCUT2D eigenvalue weighted by atomic mass is 9.64. The van der Waals surface area contributed by atoms with Crippen LogP contribution in [0.3, 0.4) is 0 Å². The van der Waals surface area contributed by atoms with E-state index in [4.69, 9.17) is 23.7 Å². The number of rotatable bonds is 3. The summed E-state index contributed by atoms with van der Waals surface area (Å²) in [6, 6.07) is 1.06. The Morgan fingerprint density at radius 2 is 1.40 bits per heavy atom. The fourth-order valence-electron chi connectivity index (χ4n) is 12.0. The average Bonchev–Trinajstić information content (AvgIpc) is 3.05. The van der Waals surface area contributed by atoms with E-state index in [9.17, 15) is 5.11 Å². The van der Waals surface area contributed by atoms with E-state index < -0.39 is 6.10 Å². The molecule has 4 heterocycles. The van der Waals surface area contributed by atoms with Crippen molar-refractivity contribution in [3.63, 3.8) is 0 Å². The first kappa shape index (κ1) is 33.2. The largest absolute Gasteiger partial charge is 0.388 e. The van der Waals surface area contributed by atoms with Gasteiger partial charge in [-0.3, -0.25) is 0 Å². The second-order valence-electron chi connectivity index (χ2n) is 16.7. The first-order chi connectivity index (χ1) is 21.9. The van der Waals surface area contributed by atoms with Gasteiger partial charge in [-0.1, -0.05) is 0 Å². The maximum atomic E-state index is 12.0. The summed E-state index contributed by atoms with van der Waals surface area (Å²) in [6.45, 7) is 2.37. The summed E-state index contributed by atoms with van der Waals surface area (Å²) in [6.07, 6.45) is 16.3. The highest BCUT2D eigenvalue weighted by Crippen LogP contribution is 2.48. The van der Waals surface area contributed by atoms with Crippen molar-refractivity contribution in [1.82, 2.24) is 4.90 Å². The average molecular weight is 634 g/mol. The van der Waals surface area contributed by atoms with Crippen molar-refractivity contribution in [3.05, 3.63) is 0 Å². The lowest BCUT2D eigenvalue weighted by Gasteiger charge is -2.55. The van der Waals surface area contributed by atoms with E-state index in [-0.39, 0.29) is 36.6 Å². The number of ether oxygens (including phenoxy) is 5. The summed E-state index contributed by atoms with van der Waals surface area (Å²) in [5.74, 6) is 3.56. The van der Waals surface area contributed by atoms with E-state index in [1.54, 1.807) is 12.0 Å². The standard InChI is InChI=1S/C37H64N2O6/c1-38-14-12-24-19-31(42-4)33-21-27(24)28(38)17-23-8-11-30(41-3)32(18-23)44-26-9-6-22(7-10-26)16-29-35-25(13-15-39(29)2)20-34(43-5)36(40)37(35)45-33/h22-37,40H,6-21H2,1-5H3/p+1/t22?,23?,24?,25?,26?,27?,28-,29?,30?,31?,32?,33?,34?,35?,36?,37?/m1/s1. The molecule has 0 amide bonds. The molecule has 8 heteroatoms. The van der Waals surface area contributed by atoms with E-state index in [1.807, 2.05) is 14.2 Å². The van der Waals surface area contributed by atoms with Crippen molar-refractivity contribution in [2.45, 2.75) is 151 Å². The van der Waals surface area contributed by atoms with Crippen molar-refractivity contribution in [1.29, 1.82) is 0 Å². The molecule has 2 N–H and O–H groups in total. The molecule has 258 valence electrons. The van der Waals surface area contributed by atoms with Crippen molar-refractivity contribution < 1.29 is 33.7 Å². The fraction of sp³-hybridized carbons (Fsp3) is 1.00. The Hall–Kier alpha value is -0.320. The van der Waals surface area contributed by atoms with Crippen LogP contribution in [0.15, 0.2) is 0 Å². The summed E-state index contributed by atoms with van der Waals surface area (Å²) in [4.78, 5) is 4.31. The molecule has 8 aliphatic rings. The van der Waals surface area contributed by atoms with E-state index in [0.717, 1.165) is 38.0 Å². The van der Waals surface area contributed by atoms with Crippen LogP contribution in [0.4, 0.5) is 0 Å². The van der Waals surface area contributed by atoms with Gasteiger partial charge in [-0.25, -0.2) is 0 Å². The second kappa shape index (κ2) is 14.3. The monoisotopic (exact) mass is 633 g/mol. The molecule has 14 unspecified atom stereocenters. The number of quaternary nitrogens is 1. The SMILES string of the molecule is COC1CCC2CC1OC1CCC(CC1)CC1C3C(CC[NH+]1C)CC(OC)C(O)C3OC1CC3C(CCN(C)[C@@H]3C2)CC1OC. The molecule has 8 nitrogen and oxygen atoms in total. The number of nitrogens with zero attached hydrogens (tertiary/aromatic N) is 1. The number of nitrogens with one attached hydrogen (secondary N) is 1. The first-order valence-corrected chi connectivity index (χ1v) is 19.0. The van der Waals surface area contributed by atoms with Crippen LogP contribution in [0.2, 0.25) is 0 Å². The Bertz CT molecular complexity index is 963. The number of likely N-dealkylation sites (tertiary alicyclic amines) is 2. The molecule has 8 rings (SSSR count). The molecule has 45 heavy (non-hydrogen) atoms. The molecule has 4 aliphatic carbocycles. The lowest BCUT2D eigenvalue weighted by molar-refractivity contribution is -0.919. The van der Waals surface area contributed by atoms with Crippen LogP contribution < -0.4 is 4.90 Å². The van der Waals surface area contributed by atoms with Crippen molar-refractivity contribution >= 4 is 0 Å². The third kappa shape index (κ3) is 6.67. The lowest BCUT2D eigenvalue weighted by Crippen LogP contribution is -3.15. The minimum absolute atomic E-state index is 0.0127. The van der Waals surface area contributed by atoms with Crippen LogP contribution in [0, 0.1) is 35.5 Å². The van der Waals surface area contributed by atoms with Crippen LogP contribution in [0.5, 0.6) is 0 Å². The minimum atomic E-state index is -0.590. The molecule has 0 spiro atoms. The molecule has 0 aromatic rings. The Labute approximate surface area is 273 Å². The first-order valence-electron chi connectivity index (χ1n) is 19.0. The van der Waals surface area contributed by atoms with E-state index >= 15 is 0 Å². The van der Waals surface area contributed by atoms with Crippen molar-refractivity contribution in [2.24, 2.45) is 35.5 Å². The van der Waals surface area contributed by atoms with Gasteiger partial charge in [0.05, 0.1) is 62.4 Å². The zero-order chi connectivity index (χ0) is 31.2. The predicted octanol–water partition coefficient (Wildman–Crippen LogP) is 3.34. The Kier molecular flexibility index (Phi) is 10.5. The number of piperidine rings is 2. The summed E-state index contributed by atoms with van der Waals surface area (Å²) in [7, 11) is 10.3. The molecule has 4 aliphatic heterocycles. The maximum Gasteiger partial charge on any atom is 0.107 e. The van der Waals surface area contributed by atoms with Crippen LogP contribution in [0.25, 0.3) is 0 Å². The zero-order valence-electron chi connectivity index (χ0n) is 29.0. The van der Waals surface area contributed by atoms with Crippen LogP contribution >= 0.6 is 0 Å². The van der Waals surface area contributed by atoms with Crippen LogP contribution in [0.1, 0.15) is 89.9 Å². The Balaban J connectivity index is 1.22. The van der Waals surface area contributed by atoms with Crippen molar-refractivity contribution in [3.8, 4) is 0 Å². The van der Waals surface area contributed by atoms with Crippen molar-refractivity contribution in [2.75, 3.05) is 48.5 Å². The highest BCUT2D eigenvalue weighted by atomic mass is 16.6. The number of methoxy groups -OCH3 is 3. The summed E-state index contributed by atoms with van der Waals surface area (Å²) in [5, 5.41) is 12.0. The summed E-state index contributed by atoms with van der Waals surface area (Å²) < 4.78 is 32.6. The molecule has 8 fully saturated rings. The smallest absolute Gasteiger partial charge is 0.107 e. The number of aliphatic hydroxyl groups excluding tert-OH is 1. The second-order valence-corrected chi connectivity index (χ2v) is 16.7. The molecule has 4 saturated carbocycles. The highest BCUT2D eigenvalue weighted by molar-refractivity contribution is 5.02. The molecular weight excluding hydrogens is 568 g/mol. The van der Waals surface area contributed by atoms with Gasteiger partial charge in [-0.15, -0.1) is 0 Å². The quantitative estimate of drug-likeness (QED) is 0.494. The zero-order valence-corrected chi connectivity index (χ0v) is 29.0. The van der Waals surface area contributed by atoms with Gasteiger partial charge < -0.3 is 38.6 Å². The van der Waals surface area contributed by atoms with E-state index in [2.05, 4.69) is 19.0 Å². The molecule has 15 atom stereocenters. The minimum Gasteiger partial charge on any atom is -0.388 e. The maximum absolute atomic E-state index is 12.0. The van der Waals surface area contributed by atoms with Crippen LogP contribution in [-0.4, -0.2) is 119 Å². The normalized spacial score (nSPS) is 52.8. The third-order valence-corrected chi connectivity index (χ3v) is 14.6. The highest BCUT2D eigenvalue weighted by Gasteiger charge is 2.55. The fourth-order valence-corrected chi connectivity index (χ4v) is 12.0. The third-order valence-electron chi connectivity index (χ3n) is 14.6. The van der Waals surface area contributed by atoms with Gasteiger partial charge in [0.2, 0.25) is 0 Å². The van der Waals surface area contributed by atoms with Gasteiger partial charge in [0.15, 0.2) is 0 Å². The molecule has 0 radical (unpaired) electrons. The van der Waals surface area contributed by atoms with Gasteiger partial charge >= 0.3 is 0 Å². The van der Waals surface area contributed by atoms with Gasteiger partial charge in [-0.2, -0.15) is 0 Å². The number of aliphatic hydroxyl groups is 1. The van der Waals surface area contributed by atoms with Gasteiger partial charge in [0.25, 0.3) is 0 Å². The summed E-state index contributed by atoms with van der Waals surface area (Å²) >= 11 is 0. The molecule has 0 aromatic heterocycles. The number of hydrogen-bond donors (Lipinski definition) is 2.